The molecule has 3 amide bonds. The lowest BCUT2D eigenvalue weighted by atomic mass is 9.77. The fourth-order valence-corrected chi connectivity index (χ4v) is 6.16. The normalized spacial score (nSPS) is 32.9. The maximum absolute atomic E-state index is 14.3. The highest BCUT2D eigenvalue weighted by Crippen LogP contribution is 2.55. The summed E-state index contributed by atoms with van der Waals surface area (Å²) >= 11 is 0. The average Bonchev–Trinajstić information content (AvgIpc) is 3.19. The molecule has 0 radical (unpaired) electrons. The van der Waals surface area contributed by atoms with Gasteiger partial charge in [0.1, 0.15) is 11.6 Å². The van der Waals surface area contributed by atoms with Gasteiger partial charge < -0.3 is 24.5 Å². The van der Waals surface area contributed by atoms with Crippen molar-refractivity contribution in [3.8, 4) is 0 Å². The number of carbonyl (C=O) groups excluding carboxylic acids is 3. The van der Waals surface area contributed by atoms with Crippen LogP contribution in [0.1, 0.15) is 31.4 Å². The Morgan fingerprint density at radius 3 is 2.57 bits per heavy atom. The first kappa shape index (κ1) is 23.8. The first-order valence-electron chi connectivity index (χ1n) is 12.5. The third-order valence-corrected chi connectivity index (χ3v) is 7.86. The van der Waals surface area contributed by atoms with Crippen molar-refractivity contribution in [2.24, 2.45) is 11.8 Å². The maximum atomic E-state index is 14.3. The van der Waals surface area contributed by atoms with Crippen molar-refractivity contribution in [1.82, 2.24) is 14.7 Å². The first-order valence-corrected chi connectivity index (χ1v) is 12.5. The molecule has 2 fully saturated rings. The number of aliphatic hydroxyl groups is 1. The van der Waals surface area contributed by atoms with Gasteiger partial charge in [-0.1, -0.05) is 68.0 Å². The van der Waals surface area contributed by atoms with Crippen molar-refractivity contribution in [2.75, 3.05) is 33.3 Å². The molecule has 186 valence electrons. The summed E-state index contributed by atoms with van der Waals surface area (Å²) < 4.78 is 6.60. The van der Waals surface area contributed by atoms with Gasteiger partial charge >= 0.3 is 0 Å². The first-order chi connectivity index (χ1) is 16.9. The zero-order valence-corrected chi connectivity index (χ0v) is 20.2. The second-order valence-corrected chi connectivity index (χ2v) is 9.88. The van der Waals surface area contributed by atoms with Crippen molar-refractivity contribution in [2.45, 2.75) is 43.6 Å². The number of hydrogen-bond acceptors (Lipinski definition) is 5. The van der Waals surface area contributed by atoms with Gasteiger partial charge in [-0.15, -0.1) is 0 Å². The fraction of sp³-hybridized carbons (Fsp3) is 0.519. The van der Waals surface area contributed by atoms with Crippen LogP contribution in [-0.4, -0.2) is 88.6 Å². The summed E-state index contributed by atoms with van der Waals surface area (Å²) in [4.78, 5) is 46.7. The van der Waals surface area contributed by atoms with Crippen molar-refractivity contribution < 1.29 is 24.2 Å². The molecule has 0 aromatic heterocycles. The molecule has 0 aliphatic carbocycles. The van der Waals surface area contributed by atoms with Crippen LogP contribution >= 0.6 is 0 Å². The number of benzene rings is 1. The summed E-state index contributed by atoms with van der Waals surface area (Å²) in [6.07, 6.45) is 8.67. The summed E-state index contributed by atoms with van der Waals surface area (Å²) in [5.74, 6) is -2.26. The van der Waals surface area contributed by atoms with Gasteiger partial charge in [0, 0.05) is 26.7 Å². The van der Waals surface area contributed by atoms with Gasteiger partial charge in [0.05, 0.1) is 30.6 Å². The number of unbranched alkanes of at least 4 members (excludes halogenated alkanes) is 1. The summed E-state index contributed by atoms with van der Waals surface area (Å²) in [5, 5.41) is 10.5. The Bertz CT molecular complexity index is 1060. The Hall–Kier alpha value is -2.97. The van der Waals surface area contributed by atoms with Gasteiger partial charge in [-0.3, -0.25) is 14.4 Å². The van der Waals surface area contributed by atoms with E-state index in [0.29, 0.717) is 19.6 Å². The van der Waals surface area contributed by atoms with Crippen molar-refractivity contribution in [3.63, 3.8) is 0 Å². The Labute approximate surface area is 205 Å². The molecule has 0 saturated carbocycles. The van der Waals surface area contributed by atoms with Gasteiger partial charge in [-0.25, -0.2) is 0 Å². The zero-order chi connectivity index (χ0) is 24.7. The van der Waals surface area contributed by atoms with E-state index in [9.17, 15) is 19.5 Å². The maximum Gasteiger partial charge on any atom is 0.249 e. The number of hydrogen-bond donors (Lipinski definition) is 1. The second kappa shape index (κ2) is 9.24. The zero-order valence-electron chi connectivity index (χ0n) is 20.2. The van der Waals surface area contributed by atoms with Crippen LogP contribution in [0.25, 0.3) is 0 Å². The molecule has 8 heteroatoms. The highest BCUT2D eigenvalue weighted by molar-refractivity contribution is 6.00. The lowest BCUT2D eigenvalue weighted by Gasteiger charge is -2.38. The van der Waals surface area contributed by atoms with E-state index >= 15 is 0 Å². The van der Waals surface area contributed by atoms with E-state index in [1.54, 1.807) is 16.8 Å². The van der Waals surface area contributed by atoms with Crippen LogP contribution in [0.5, 0.6) is 0 Å². The van der Waals surface area contributed by atoms with E-state index in [1.165, 1.54) is 4.90 Å². The number of rotatable bonds is 6. The number of amides is 3. The van der Waals surface area contributed by atoms with Gasteiger partial charge in [0.15, 0.2) is 0 Å². The minimum Gasteiger partial charge on any atom is -0.394 e. The summed E-state index contributed by atoms with van der Waals surface area (Å²) in [6, 6.07) is 7.56. The highest BCUT2D eigenvalue weighted by atomic mass is 16.5. The van der Waals surface area contributed by atoms with Crippen LogP contribution < -0.4 is 0 Å². The average molecular weight is 480 g/mol. The number of nitrogens with zero attached hydrogens (tertiary/aromatic N) is 3. The topological polar surface area (TPSA) is 90.4 Å². The second-order valence-electron chi connectivity index (χ2n) is 9.88. The van der Waals surface area contributed by atoms with Crippen LogP contribution in [0.3, 0.4) is 0 Å². The molecule has 1 spiro atoms. The lowest BCUT2D eigenvalue weighted by molar-refractivity contribution is -0.151. The Balaban J connectivity index is 1.65. The van der Waals surface area contributed by atoms with Crippen molar-refractivity contribution in [1.29, 1.82) is 0 Å². The minimum absolute atomic E-state index is 0.163. The monoisotopic (exact) mass is 479 g/mol. The van der Waals surface area contributed by atoms with E-state index in [-0.39, 0.29) is 24.3 Å². The predicted molar refractivity (Wildman–Crippen MR) is 129 cm³/mol. The van der Waals surface area contributed by atoms with Crippen molar-refractivity contribution >= 4 is 17.7 Å². The molecule has 1 aromatic carbocycles. The van der Waals surface area contributed by atoms with Crippen LogP contribution in [0.4, 0.5) is 0 Å². The van der Waals surface area contributed by atoms with Crippen LogP contribution in [0, 0.1) is 11.8 Å². The number of aliphatic hydroxyl groups excluding tert-OH is 1. The summed E-state index contributed by atoms with van der Waals surface area (Å²) in [6.45, 7) is 3.16. The van der Waals surface area contributed by atoms with Crippen LogP contribution in [-0.2, 0) is 19.1 Å². The quantitative estimate of drug-likeness (QED) is 0.625. The summed E-state index contributed by atoms with van der Waals surface area (Å²) in [5.41, 5.74) is -0.537. The van der Waals surface area contributed by atoms with Gasteiger partial charge in [-0.2, -0.15) is 0 Å². The largest absolute Gasteiger partial charge is 0.394 e. The van der Waals surface area contributed by atoms with E-state index in [1.807, 2.05) is 54.6 Å². The molecule has 4 heterocycles. The SMILES string of the molecule is CCCCN1CC=C[C@]23O[C@H]4C=CCN(C)C(=O)[C@H]4[C@H]2C(=O)N([C@H](CO)c2ccccc2)C3C1=O. The molecular formula is C27H33N3O5. The van der Waals surface area contributed by atoms with E-state index < -0.39 is 35.6 Å². The number of likely N-dealkylation sites (N-methyl/N-ethyl adjacent to an activating group) is 1. The standard InChI is InChI=1S/C27H33N3O5/c1-3-4-15-29-16-9-13-27-22(21-20(35-27)12-8-14-28(2)24(21)32)25(33)30(23(27)26(29)34)19(17-31)18-10-6-5-7-11-18/h5-13,19-23,31H,3-4,14-17H2,1-2H3/t19-,20+,21-,22+,23?,27+/m1/s1. The highest BCUT2D eigenvalue weighted by Gasteiger charge is 2.72. The van der Waals surface area contributed by atoms with Gasteiger partial charge in [0.2, 0.25) is 17.7 Å². The molecule has 35 heavy (non-hydrogen) atoms. The minimum atomic E-state index is -1.27. The number of fused-ring (bicyclic) bond motifs is 2. The lowest BCUT2D eigenvalue weighted by Crippen LogP contribution is -2.56. The molecule has 6 atom stereocenters. The predicted octanol–water partition coefficient (Wildman–Crippen LogP) is 1.53. The molecule has 4 aliphatic rings. The molecule has 2 saturated heterocycles. The Morgan fingerprint density at radius 1 is 1.09 bits per heavy atom. The van der Waals surface area contributed by atoms with E-state index in [2.05, 4.69) is 6.92 Å². The van der Waals surface area contributed by atoms with Crippen molar-refractivity contribution in [3.05, 3.63) is 60.2 Å². The number of ether oxygens (including phenoxy) is 1. The summed E-state index contributed by atoms with van der Waals surface area (Å²) in [7, 11) is 1.72. The third-order valence-electron chi connectivity index (χ3n) is 7.86. The molecular weight excluding hydrogens is 446 g/mol. The van der Waals surface area contributed by atoms with Gasteiger partial charge in [-0.05, 0) is 12.0 Å². The van der Waals surface area contributed by atoms with E-state index in [4.69, 9.17) is 4.74 Å². The van der Waals surface area contributed by atoms with Crippen LogP contribution in [0.2, 0.25) is 0 Å². The molecule has 1 aromatic rings. The molecule has 5 rings (SSSR count). The Morgan fingerprint density at radius 2 is 1.86 bits per heavy atom. The molecule has 1 N–H and O–H groups in total. The molecule has 4 aliphatic heterocycles. The van der Waals surface area contributed by atoms with Gasteiger partial charge in [0.25, 0.3) is 0 Å². The Kier molecular flexibility index (Phi) is 6.27. The smallest absolute Gasteiger partial charge is 0.249 e. The molecule has 0 bridgehead atoms. The third kappa shape index (κ3) is 3.62. The molecule has 8 nitrogen and oxygen atoms in total. The number of carbonyl (C=O) groups is 3. The molecule has 1 unspecified atom stereocenters. The number of likely N-dealkylation sites (tertiary alicyclic amines) is 1. The fourth-order valence-electron chi connectivity index (χ4n) is 6.16. The van der Waals surface area contributed by atoms with E-state index in [0.717, 1.165) is 18.4 Å². The van der Waals surface area contributed by atoms with Crippen LogP contribution in [0.15, 0.2) is 54.6 Å².